The van der Waals surface area contributed by atoms with Gasteiger partial charge in [0.2, 0.25) is 11.8 Å². The third-order valence-corrected chi connectivity index (χ3v) is 7.04. The summed E-state index contributed by atoms with van der Waals surface area (Å²) in [6, 6.07) is 13.7. The molecule has 32 heavy (non-hydrogen) atoms. The fourth-order valence-corrected chi connectivity index (χ4v) is 5.02. The van der Waals surface area contributed by atoms with Crippen molar-refractivity contribution in [3.8, 4) is 11.3 Å². The quantitative estimate of drug-likeness (QED) is 0.451. The first-order valence-electron chi connectivity index (χ1n) is 9.67. The van der Waals surface area contributed by atoms with Crippen LogP contribution in [0.5, 0.6) is 0 Å². The predicted molar refractivity (Wildman–Crippen MR) is 123 cm³/mol. The van der Waals surface area contributed by atoms with Crippen LogP contribution >= 0.6 is 11.3 Å². The average Bonchev–Trinajstić information content (AvgIpc) is 3.30. The van der Waals surface area contributed by atoms with Gasteiger partial charge in [-0.1, -0.05) is 29.8 Å². The van der Waals surface area contributed by atoms with Gasteiger partial charge in [0.15, 0.2) is 4.96 Å². The second kappa shape index (κ2) is 8.56. The van der Waals surface area contributed by atoms with Gasteiger partial charge in [-0.3, -0.25) is 14.0 Å². The van der Waals surface area contributed by atoms with Crippen LogP contribution in [-0.2, 0) is 26.0 Å². The molecule has 2 N–H and O–H groups in total. The summed E-state index contributed by atoms with van der Waals surface area (Å²) in [4.78, 5) is 29.0. The lowest BCUT2D eigenvalue weighted by Crippen LogP contribution is -2.28. The molecule has 10 heteroatoms. The molecular formula is C22H20N4O4S2. The lowest BCUT2D eigenvalue weighted by atomic mass is 10.1. The van der Waals surface area contributed by atoms with E-state index in [1.54, 1.807) is 0 Å². The molecule has 0 radical (unpaired) electrons. The summed E-state index contributed by atoms with van der Waals surface area (Å²) in [5.74, 6) is -0.915. The number of amides is 2. The number of anilines is 1. The molecule has 0 bridgehead atoms. The van der Waals surface area contributed by atoms with Gasteiger partial charge < -0.3 is 5.32 Å². The van der Waals surface area contributed by atoms with Gasteiger partial charge in [-0.05, 0) is 31.2 Å². The molecule has 164 valence electrons. The van der Waals surface area contributed by atoms with Gasteiger partial charge in [-0.2, -0.15) is 0 Å². The van der Waals surface area contributed by atoms with Crippen LogP contribution in [0.1, 0.15) is 18.2 Å². The fourth-order valence-electron chi connectivity index (χ4n) is 3.16. The molecule has 4 rings (SSSR count). The number of carbonyl (C=O) groups excluding carboxylic acids is 2. The van der Waals surface area contributed by atoms with Crippen molar-refractivity contribution < 1.29 is 18.0 Å². The Kier molecular flexibility index (Phi) is 5.81. The molecule has 0 saturated heterocycles. The second-order valence-electron chi connectivity index (χ2n) is 7.28. The third kappa shape index (κ3) is 4.71. The summed E-state index contributed by atoms with van der Waals surface area (Å²) >= 11 is 1.46. The van der Waals surface area contributed by atoms with Crippen LogP contribution < -0.4 is 10.0 Å². The maximum atomic E-state index is 12.5. The molecule has 2 aromatic carbocycles. The zero-order valence-electron chi connectivity index (χ0n) is 17.3. The van der Waals surface area contributed by atoms with Crippen LogP contribution in [0.25, 0.3) is 16.2 Å². The number of sulfonamides is 1. The van der Waals surface area contributed by atoms with Crippen molar-refractivity contribution in [3.63, 3.8) is 0 Å². The first-order valence-corrected chi connectivity index (χ1v) is 12.0. The first kappa shape index (κ1) is 21.7. The van der Waals surface area contributed by atoms with Crippen molar-refractivity contribution >= 4 is 43.8 Å². The van der Waals surface area contributed by atoms with Crippen LogP contribution in [0.15, 0.2) is 65.0 Å². The molecule has 0 atom stereocenters. The third-order valence-electron chi connectivity index (χ3n) is 4.70. The van der Waals surface area contributed by atoms with E-state index in [1.165, 1.54) is 41.2 Å². The van der Waals surface area contributed by atoms with Crippen LogP contribution in [0.4, 0.5) is 5.69 Å². The van der Waals surface area contributed by atoms with Crippen LogP contribution in [0.3, 0.4) is 0 Å². The van der Waals surface area contributed by atoms with Gasteiger partial charge >= 0.3 is 0 Å². The number of fused-ring (bicyclic) bond motifs is 1. The second-order valence-corrected chi connectivity index (χ2v) is 9.80. The topological polar surface area (TPSA) is 110 Å². The highest BCUT2D eigenvalue weighted by Gasteiger charge is 2.16. The Labute approximate surface area is 189 Å². The number of hydrogen-bond acceptors (Lipinski definition) is 6. The molecule has 2 aromatic heterocycles. The Morgan fingerprint density at radius 1 is 1.06 bits per heavy atom. The SMILES string of the molecule is CC(=O)NS(=O)(=O)c1ccc(NC(=O)Cc2csc3nc(-c4ccc(C)cc4)cn23)cc1. The maximum Gasteiger partial charge on any atom is 0.264 e. The van der Waals surface area contributed by atoms with Gasteiger partial charge in [-0.25, -0.2) is 18.1 Å². The summed E-state index contributed by atoms with van der Waals surface area (Å²) in [6.45, 7) is 3.15. The van der Waals surface area contributed by atoms with Gasteiger partial charge in [0.05, 0.1) is 17.0 Å². The highest BCUT2D eigenvalue weighted by atomic mass is 32.2. The summed E-state index contributed by atoms with van der Waals surface area (Å²) in [7, 11) is -3.91. The molecule has 0 aliphatic heterocycles. The van der Waals surface area contributed by atoms with Crippen LogP contribution in [0.2, 0.25) is 0 Å². The normalized spacial score (nSPS) is 11.4. The van der Waals surface area contributed by atoms with Crippen LogP contribution in [-0.4, -0.2) is 29.6 Å². The van der Waals surface area contributed by atoms with Crippen molar-refractivity contribution in [1.82, 2.24) is 14.1 Å². The molecular weight excluding hydrogens is 448 g/mol. The van der Waals surface area contributed by atoms with E-state index in [9.17, 15) is 18.0 Å². The van der Waals surface area contributed by atoms with Crippen molar-refractivity contribution in [2.45, 2.75) is 25.2 Å². The van der Waals surface area contributed by atoms with Crippen molar-refractivity contribution in [1.29, 1.82) is 0 Å². The minimum atomic E-state index is -3.91. The van der Waals surface area contributed by atoms with E-state index in [1.807, 2.05) is 51.9 Å². The molecule has 4 aromatic rings. The van der Waals surface area contributed by atoms with E-state index in [4.69, 9.17) is 0 Å². The molecule has 0 spiro atoms. The molecule has 2 amide bonds. The lowest BCUT2D eigenvalue weighted by molar-refractivity contribution is -0.117. The minimum Gasteiger partial charge on any atom is -0.326 e. The van der Waals surface area contributed by atoms with Crippen molar-refractivity contribution in [2.75, 3.05) is 5.32 Å². The molecule has 0 fully saturated rings. The number of benzene rings is 2. The zero-order valence-corrected chi connectivity index (χ0v) is 19.0. The van der Waals surface area contributed by atoms with E-state index in [-0.39, 0.29) is 17.2 Å². The predicted octanol–water partition coefficient (Wildman–Crippen LogP) is 3.38. The number of nitrogens with one attached hydrogen (secondary N) is 2. The Bertz CT molecular complexity index is 1400. The number of aromatic nitrogens is 2. The lowest BCUT2D eigenvalue weighted by Gasteiger charge is -2.07. The highest BCUT2D eigenvalue weighted by Crippen LogP contribution is 2.24. The van der Waals surface area contributed by atoms with Gasteiger partial charge in [0, 0.05) is 35.4 Å². The fraction of sp³-hybridized carbons (Fsp3) is 0.136. The maximum absolute atomic E-state index is 12.5. The minimum absolute atomic E-state index is 0.0627. The number of carbonyl (C=O) groups is 2. The number of nitrogens with zero attached hydrogens (tertiary/aromatic N) is 2. The van der Waals surface area contributed by atoms with Crippen molar-refractivity contribution in [2.24, 2.45) is 0 Å². The van der Waals surface area contributed by atoms with Gasteiger partial charge in [0.25, 0.3) is 10.0 Å². The van der Waals surface area contributed by atoms with E-state index in [0.717, 1.165) is 28.8 Å². The molecule has 0 unspecified atom stereocenters. The Hall–Kier alpha value is -3.50. The Balaban J connectivity index is 1.46. The Morgan fingerprint density at radius 2 is 1.75 bits per heavy atom. The standard InChI is InChI=1S/C22H20N4O4S2/c1-14-3-5-16(6-4-14)20-12-26-18(13-31-22(26)24-20)11-21(28)23-17-7-9-19(10-8-17)32(29,30)25-15(2)27/h3-10,12-13H,11H2,1-2H3,(H,23,28)(H,25,27). The number of aryl methyl sites for hydroxylation is 1. The summed E-state index contributed by atoms with van der Waals surface area (Å²) in [5, 5.41) is 4.65. The number of imidazole rings is 1. The smallest absolute Gasteiger partial charge is 0.264 e. The van der Waals surface area contributed by atoms with Gasteiger partial charge in [-0.15, -0.1) is 11.3 Å². The molecule has 0 aliphatic rings. The largest absolute Gasteiger partial charge is 0.326 e. The molecule has 0 saturated carbocycles. The summed E-state index contributed by atoms with van der Waals surface area (Å²) in [6.07, 6.45) is 2.05. The molecule has 8 nitrogen and oxygen atoms in total. The average molecular weight is 469 g/mol. The summed E-state index contributed by atoms with van der Waals surface area (Å²) in [5.41, 5.74) is 4.28. The molecule has 2 heterocycles. The summed E-state index contributed by atoms with van der Waals surface area (Å²) < 4.78 is 27.8. The van der Waals surface area contributed by atoms with E-state index < -0.39 is 15.9 Å². The van der Waals surface area contributed by atoms with E-state index in [0.29, 0.717) is 5.69 Å². The number of rotatable bonds is 6. The van der Waals surface area contributed by atoms with E-state index >= 15 is 0 Å². The highest BCUT2D eigenvalue weighted by molar-refractivity contribution is 7.90. The van der Waals surface area contributed by atoms with Crippen LogP contribution in [0, 0.1) is 6.92 Å². The zero-order chi connectivity index (χ0) is 22.9. The Morgan fingerprint density at radius 3 is 2.41 bits per heavy atom. The number of thiazole rings is 1. The van der Waals surface area contributed by atoms with Gasteiger partial charge in [0.1, 0.15) is 0 Å². The first-order chi connectivity index (χ1) is 15.2. The van der Waals surface area contributed by atoms with Crippen molar-refractivity contribution in [3.05, 3.63) is 71.4 Å². The molecule has 0 aliphatic carbocycles. The monoisotopic (exact) mass is 468 g/mol. The van der Waals surface area contributed by atoms with E-state index in [2.05, 4.69) is 10.3 Å². The number of hydrogen-bond donors (Lipinski definition) is 2.